The van der Waals surface area contributed by atoms with Gasteiger partial charge in [-0.15, -0.1) is 0 Å². The van der Waals surface area contributed by atoms with Crippen LogP contribution in [0.3, 0.4) is 0 Å². The zero-order valence-corrected chi connectivity index (χ0v) is 15.4. The first-order valence-corrected chi connectivity index (χ1v) is 9.07. The molecule has 0 spiro atoms. The molecule has 2 N–H and O–H groups in total. The van der Waals surface area contributed by atoms with Crippen LogP contribution in [0.15, 0.2) is 82.6 Å². The number of rotatable bonds is 4. The molecular formula is C19H14ClFN2S2. The Morgan fingerprint density at radius 2 is 1.44 bits per heavy atom. The molecule has 0 saturated carbocycles. The zero-order chi connectivity index (χ0) is 17.6. The number of benzene rings is 3. The molecular weight excluding hydrogens is 375 g/mol. The van der Waals surface area contributed by atoms with Gasteiger partial charge < -0.3 is 10.6 Å². The van der Waals surface area contributed by atoms with E-state index in [1.807, 2.05) is 48.5 Å². The summed E-state index contributed by atoms with van der Waals surface area (Å²) in [6.07, 6.45) is 0. The van der Waals surface area contributed by atoms with Gasteiger partial charge in [-0.2, -0.15) is 0 Å². The molecule has 0 atom stereocenters. The number of nitrogens with one attached hydrogen (secondary N) is 2. The molecule has 0 aromatic heterocycles. The Kier molecular flexibility index (Phi) is 5.91. The standard InChI is InChI=1S/C19H14ClFN2S2/c20-13-9-11-14(12-10-13)25-18-8-4-3-7-17(18)23-19(24)22-16-6-2-1-5-15(16)21/h1-12H,(H2,22,23,24). The van der Waals surface area contributed by atoms with E-state index in [1.165, 1.54) is 6.07 Å². The molecule has 0 saturated heterocycles. The molecule has 3 aromatic carbocycles. The van der Waals surface area contributed by atoms with Crippen molar-refractivity contribution in [2.75, 3.05) is 10.6 Å². The van der Waals surface area contributed by atoms with Gasteiger partial charge in [0, 0.05) is 14.8 Å². The second kappa shape index (κ2) is 8.34. The summed E-state index contributed by atoms with van der Waals surface area (Å²) in [6, 6.07) is 21.8. The Labute approximate surface area is 160 Å². The lowest BCUT2D eigenvalue weighted by molar-refractivity contribution is 0.632. The van der Waals surface area contributed by atoms with Crippen LogP contribution < -0.4 is 10.6 Å². The van der Waals surface area contributed by atoms with Crippen molar-refractivity contribution < 1.29 is 4.39 Å². The Morgan fingerprint density at radius 3 is 2.16 bits per heavy atom. The van der Waals surface area contributed by atoms with Gasteiger partial charge in [-0.1, -0.05) is 47.6 Å². The first-order chi connectivity index (χ1) is 12.1. The summed E-state index contributed by atoms with van der Waals surface area (Å²) in [5.41, 5.74) is 1.18. The Bertz CT molecular complexity index is 885. The van der Waals surface area contributed by atoms with Crippen molar-refractivity contribution in [1.29, 1.82) is 0 Å². The highest BCUT2D eigenvalue weighted by atomic mass is 35.5. The minimum absolute atomic E-state index is 0.328. The fourth-order valence-electron chi connectivity index (χ4n) is 2.13. The quantitative estimate of drug-likeness (QED) is 0.502. The third kappa shape index (κ3) is 4.95. The summed E-state index contributed by atoms with van der Waals surface area (Å²) in [6.45, 7) is 0. The van der Waals surface area contributed by atoms with Gasteiger partial charge in [0.2, 0.25) is 0 Å². The maximum Gasteiger partial charge on any atom is 0.175 e. The maximum absolute atomic E-state index is 13.7. The molecule has 126 valence electrons. The van der Waals surface area contributed by atoms with Crippen molar-refractivity contribution >= 4 is 52.1 Å². The van der Waals surface area contributed by atoms with E-state index in [9.17, 15) is 4.39 Å². The van der Waals surface area contributed by atoms with E-state index in [0.717, 1.165) is 15.5 Å². The molecule has 2 nitrogen and oxygen atoms in total. The normalized spacial score (nSPS) is 10.3. The van der Waals surface area contributed by atoms with Crippen molar-refractivity contribution in [3.8, 4) is 0 Å². The Morgan fingerprint density at radius 1 is 0.840 bits per heavy atom. The van der Waals surface area contributed by atoms with Gasteiger partial charge in [-0.05, 0) is 60.7 Å². The number of anilines is 2. The van der Waals surface area contributed by atoms with E-state index in [-0.39, 0.29) is 5.82 Å². The van der Waals surface area contributed by atoms with E-state index >= 15 is 0 Å². The van der Waals surface area contributed by atoms with Crippen LogP contribution in [0.25, 0.3) is 0 Å². The van der Waals surface area contributed by atoms with Gasteiger partial charge in [0.05, 0.1) is 11.4 Å². The summed E-state index contributed by atoms with van der Waals surface area (Å²) in [7, 11) is 0. The van der Waals surface area contributed by atoms with Crippen LogP contribution in [0.1, 0.15) is 0 Å². The van der Waals surface area contributed by atoms with Gasteiger partial charge in [0.1, 0.15) is 5.82 Å². The molecule has 3 aromatic rings. The van der Waals surface area contributed by atoms with Crippen LogP contribution >= 0.6 is 35.6 Å². The molecule has 0 unspecified atom stereocenters. The van der Waals surface area contributed by atoms with E-state index < -0.39 is 0 Å². The fraction of sp³-hybridized carbons (Fsp3) is 0. The fourth-order valence-corrected chi connectivity index (χ4v) is 3.37. The molecule has 0 aliphatic carbocycles. The molecule has 25 heavy (non-hydrogen) atoms. The van der Waals surface area contributed by atoms with Crippen LogP contribution in [-0.2, 0) is 0 Å². The molecule has 0 fully saturated rings. The molecule has 3 rings (SSSR count). The van der Waals surface area contributed by atoms with Gasteiger partial charge in [0.15, 0.2) is 5.11 Å². The van der Waals surface area contributed by atoms with Crippen LogP contribution in [0.5, 0.6) is 0 Å². The van der Waals surface area contributed by atoms with Crippen molar-refractivity contribution in [1.82, 2.24) is 0 Å². The van der Waals surface area contributed by atoms with E-state index in [0.29, 0.717) is 15.8 Å². The summed E-state index contributed by atoms with van der Waals surface area (Å²) in [4.78, 5) is 2.06. The van der Waals surface area contributed by atoms with E-state index in [2.05, 4.69) is 10.6 Å². The van der Waals surface area contributed by atoms with Gasteiger partial charge in [0.25, 0.3) is 0 Å². The summed E-state index contributed by atoms with van der Waals surface area (Å²) in [5.74, 6) is -0.351. The van der Waals surface area contributed by atoms with Crippen molar-refractivity contribution in [2.45, 2.75) is 9.79 Å². The highest BCUT2D eigenvalue weighted by Crippen LogP contribution is 2.34. The van der Waals surface area contributed by atoms with Crippen molar-refractivity contribution in [3.05, 3.63) is 83.6 Å². The lowest BCUT2D eigenvalue weighted by Crippen LogP contribution is -2.20. The number of thiocarbonyl (C=S) groups is 1. The molecule has 0 aliphatic rings. The SMILES string of the molecule is Fc1ccccc1NC(=S)Nc1ccccc1Sc1ccc(Cl)cc1. The maximum atomic E-state index is 13.7. The van der Waals surface area contributed by atoms with Crippen LogP contribution in [0.2, 0.25) is 5.02 Å². The zero-order valence-electron chi connectivity index (χ0n) is 13.0. The first kappa shape index (κ1) is 17.7. The minimum Gasteiger partial charge on any atom is -0.332 e. The predicted octanol–water partition coefficient (Wildman–Crippen LogP) is 6.44. The molecule has 0 amide bonds. The number of hydrogen-bond donors (Lipinski definition) is 2. The average Bonchev–Trinajstić information content (AvgIpc) is 2.61. The smallest absolute Gasteiger partial charge is 0.175 e. The predicted molar refractivity (Wildman–Crippen MR) is 108 cm³/mol. The van der Waals surface area contributed by atoms with Crippen LogP contribution in [0, 0.1) is 5.82 Å². The molecule has 0 heterocycles. The molecule has 0 radical (unpaired) electrons. The highest BCUT2D eigenvalue weighted by molar-refractivity contribution is 7.99. The number of halogens is 2. The van der Waals surface area contributed by atoms with Crippen LogP contribution in [-0.4, -0.2) is 5.11 Å². The average molecular weight is 389 g/mol. The highest BCUT2D eigenvalue weighted by Gasteiger charge is 2.08. The third-order valence-corrected chi connectivity index (χ3v) is 4.84. The van der Waals surface area contributed by atoms with Gasteiger partial charge in [-0.25, -0.2) is 4.39 Å². The second-order valence-electron chi connectivity index (χ2n) is 5.11. The van der Waals surface area contributed by atoms with Crippen LogP contribution in [0.4, 0.5) is 15.8 Å². The molecule has 0 aliphatic heterocycles. The topological polar surface area (TPSA) is 24.1 Å². The largest absolute Gasteiger partial charge is 0.332 e. The Hall–Kier alpha value is -2.08. The molecule has 0 bridgehead atoms. The molecule has 6 heteroatoms. The van der Waals surface area contributed by atoms with Gasteiger partial charge >= 0.3 is 0 Å². The van der Waals surface area contributed by atoms with Crippen molar-refractivity contribution in [2.24, 2.45) is 0 Å². The lowest BCUT2D eigenvalue weighted by Gasteiger charge is -2.14. The van der Waals surface area contributed by atoms with E-state index in [1.54, 1.807) is 30.0 Å². The second-order valence-corrected chi connectivity index (χ2v) is 7.07. The number of para-hydroxylation sites is 2. The van der Waals surface area contributed by atoms with E-state index in [4.69, 9.17) is 23.8 Å². The van der Waals surface area contributed by atoms with Crippen molar-refractivity contribution in [3.63, 3.8) is 0 Å². The third-order valence-electron chi connectivity index (χ3n) is 3.30. The summed E-state index contributed by atoms with van der Waals surface area (Å²) >= 11 is 12.8. The Balaban J connectivity index is 1.73. The monoisotopic (exact) mass is 388 g/mol. The summed E-state index contributed by atoms with van der Waals surface area (Å²) in [5, 5.41) is 7.03. The summed E-state index contributed by atoms with van der Waals surface area (Å²) < 4.78 is 13.7. The lowest BCUT2D eigenvalue weighted by atomic mass is 10.3. The van der Waals surface area contributed by atoms with Gasteiger partial charge in [-0.3, -0.25) is 0 Å². The first-order valence-electron chi connectivity index (χ1n) is 7.47. The number of hydrogen-bond acceptors (Lipinski definition) is 2. The minimum atomic E-state index is -0.351.